The summed E-state index contributed by atoms with van der Waals surface area (Å²) < 4.78 is 10.3. The van der Waals surface area contributed by atoms with Gasteiger partial charge in [-0.05, 0) is 18.3 Å². The van der Waals surface area contributed by atoms with Gasteiger partial charge < -0.3 is 9.47 Å². The molecule has 0 rings (SSSR count). The number of esters is 1. The highest BCUT2D eigenvalue weighted by atomic mass is 16.6. The number of hydrogen-bond acceptors (Lipinski definition) is 3. The Labute approximate surface area is 99.5 Å². The van der Waals surface area contributed by atoms with Crippen LogP contribution in [0.5, 0.6) is 0 Å². The molecule has 0 aromatic heterocycles. The summed E-state index contributed by atoms with van der Waals surface area (Å²) in [5, 5.41) is 0. The van der Waals surface area contributed by atoms with E-state index in [1.165, 1.54) is 0 Å². The summed E-state index contributed by atoms with van der Waals surface area (Å²) in [5.41, 5.74) is 0.191. The van der Waals surface area contributed by atoms with Crippen molar-refractivity contribution in [2.45, 2.75) is 53.4 Å². The van der Waals surface area contributed by atoms with Crippen molar-refractivity contribution in [1.82, 2.24) is 0 Å². The summed E-state index contributed by atoms with van der Waals surface area (Å²) in [6.07, 6.45) is 3.56. The van der Waals surface area contributed by atoms with Crippen LogP contribution < -0.4 is 0 Å². The third kappa shape index (κ3) is 11.5. The Bertz CT molecular complexity index is 182. The van der Waals surface area contributed by atoms with E-state index in [9.17, 15) is 4.79 Å². The van der Waals surface area contributed by atoms with Gasteiger partial charge in [-0.25, -0.2) is 0 Å². The summed E-state index contributed by atoms with van der Waals surface area (Å²) >= 11 is 0. The van der Waals surface area contributed by atoms with Crippen LogP contribution in [0.3, 0.4) is 0 Å². The summed E-state index contributed by atoms with van der Waals surface area (Å²) in [4.78, 5) is 11.3. The highest BCUT2D eigenvalue weighted by Crippen LogP contribution is 2.20. The fourth-order valence-corrected chi connectivity index (χ4v) is 1.11. The molecule has 16 heavy (non-hydrogen) atoms. The molecule has 3 nitrogen and oxygen atoms in total. The van der Waals surface area contributed by atoms with Crippen molar-refractivity contribution in [1.29, 1.82) is 0 Å². The summed E-state index contributed by atoms with van der Waals surface area (Å²) in [6.45, 7) is 10.1. The minimum Gasteiger partial charge on any atom is -0.463 e. The van der Waals surface area contributed by atoms with Crippen LogP contribution in [0.2, 0.25) is 0 Å². The fourth-order valence-electron chi connectivity index (χ4n) is 1.11. The standard InChI is InChI=1S/C13H26O3/c1-5-6-9-15-10-11-16-12(14)7-8-13(2,3)4/h5-11H2,1-4H3. The smallest absolute Gasteiger partial charge is 0.305 e. The molecule has 3 heteroatoms. The highest BCUT2D eigenvalue weighted by molar-refractivity contribution is 5.69. The maximum Gasteiger partial charge on any atom is 0.305 e. The van der Waals surface area contributed by atoms with Crippen molar-refractivity contribution in [3.8, 4) is 0 Å². The van der Waals surface area contributed by atoms with E-state index in [0.29, 0.717) is 19.6 Å². The zero-order chi connectivity index (χ0) is 12.4. The number of ether oxygens (including phenoxy) is 2. The molecule has 0 aliphatic heterocycles. The van der Waals surface area contributed by atoms with Gasteiger partial charge in [0.25, 0.3) is 0 Å². The third-order valence-electron chi connectivity index (χ3n) is 2.21. The zero-order valence-electron chi connectivity index (χ0n) is 11.2. The van der Waals surface area contributed by atoms with Crippen molar-refractivity contribution in [2.75, 3.05) is 19.8 Å². The van der Waals surface area contributed by atoms with Crippen LogP contribution >= 0.6 is 0 Å². The first-order valence-corrected chi connectivity index (χ1v) is 6.19. The monoisotopic (exact) mass is 230 g/mol. The molecule has 0 aliphatic carbocycles. The van der Waals surface area contributed by atoms with Crippen LogP contribution in [0.25, 0.3) is 0 Å². The number of rotatable bonds is 8. The Kier molecular flexibility index (Phi) is 8.26. The zero-order valence-corrected chi connectivity index (χ0v) is 11.2. The molecule has 0 fully saturated rings. The number of unbranched alkanes of at least 4 members (excludes halogenated alkanes) is 1. The SMILES string of the molecule is CCCCOCCOC(=O)CCC(C)(C)C. The number of carbonyl (C=O) groups is 1. The number of carbonyl (C=O) groups excluding carboxylic acids is 1. The molecule has 0 bridgehead atoms. The Morgan fingerprint density at radius 1 is 1.12 bits per heavy atom. The minimum absolute atomic E-state index is 0.117. The molecule has 0 aromatic carbocycles. The van der Waals surface area contributed by atoms with Crippen molar-refractivity contribution in [3.05, 3.63) is 0 Å². The Morgan fingerprint density at radius 3 is 2.38 bits per heavy atom. The molecule has 0 heterocycles. The highest BCUT2D eigenvalue weighted by Gasteiger charge is 2.13. The minimum atomic E-state index is -0.117. The predicted octanol–water partition coefficient (Wildman–Crippen LogP) is 3.17. The molecule has 0 atom stereocenters. The Hall–Kier alpha value is -0.570. The summed E-state index contributed by atoms with van der Waals surface area (Å²) in [5.74, 6) is -0.117. The molecule has 0 amide bonds. The van der Waals surface area contributed by atoms with Gasteiger partial charge in [0.1, 0.15) is 6.61 Å². The molecule has 0 saturated heterocycles. The van der Waals surface area contributed by atoms with Gasteiger partial charge in [-0.15, -0.1) is 0 Å². The fraction of sp³-hybridized carbons (Fsp3) is 0.923. The van der Waals surface area contributed by atoms with Gasteiger partial charge >= 0.3 is 5.97 Å². The Morgan fingerprint density at radius 2 is 1.81 bits per heavy atom. The molecule has 0 radical (unpaired) electrons. The average Bonchev–Trinajstić information content (AvgIpc) is 2.19. The lowest BCUT2D eigenvalue weighted by Gasteiger charge is -2.16. The third-order valence-corrected chi connectivity index (χ3v) is 2.21. The predicted molar refractivity (Wildman–Crippen MR) is 65.4 cm³/mol. The van der Waals surface area contributed by atoms with E-state index >= 15 is 0 Å². The molecule has 0 aliphatic rings. The van der Waals surface area contributed by atoms with Crippen LogP contribution in [-0.2, 0) is 14.3 Å². The van der Waals surface area contributed by atoms with E-state index in [1.54, 1.807) is 0 Å². The molecule has 0 spiro atoms. The van der Waals surface area contributed by atoms with Gasteiger partial charge in [0.05, 0.1) is 6.61 Å². The molecular weight excluding hydrogens is 204 g/mol. The molecule has 0 saturated carbocycles. The second-order valence-electron chi connectivity index (χ2n) is 5.25. The lowest BCUT2D eigenvalue weighted by atomic mass is 9.91. The van der Waals surface area contributed by atoms with E-state index in [2.05, 4.69) is 27.7 Å². The van der Waals surface area contributed by atoms with E-state index < -0.39 is 0 Å². The van der Waals surface area contributed by atoms with E-state index in [4.69, 9.17) is 9.47 Å². The maximum atomic E-state index is 11.3. The normalized spacial score (nSPS) is 11.5. The van der Waals surface area contributed by atoms with E-state index in [-0.39, 0.29) is 11.4 Å². The first-order chi connectivity index (χ1) is 7.45. The lowest BCUT2D eigenvalue weighted by Crippen LogP contribution is -2.14. The van der Waals surface area contributed by atoms with Crippen LogP contribution in [0, 0.1) is 5.41 Å². The summed E-state index contributed by atoms with van der Waals surface area (Å²) in [7, 11) is 0. The Balaban J connectivity index is 3.31. The van der Waals surface area contributed by atoms with Gasteiger partial charge in [0, 0.05) is 13.0 Å². The van der Waals surface area contributed by atoms with Gasteiger partial charge in [0.15, 0.2) is 0 Å². The van der Waals surface area contributed by atoms with Crippen molar-refractivity contribution < 1.29 is 14.3 Å². The number of hydrogen-bond donors (Lipinski definition) is 0. The largest absolute Gasteiger partial charge is 0.463 e. The molecular formula is C13H26O3. The average molecular weight is 230 g/mol. The second-order valence-corrected chi connectivity index (χ2v) is 5.25. The lowest BCUT2D eigenvalue weighted by molar-refractivity contribution is -0.145. The van der Waals surface area contributed by atoms with Crippen molar-refractivity contribution >= 4 is 5.97 Å². The van der Waals surface area contributed by atoms with Crippen LogP contribution in [0.15, 0.2) is 0 Å². The van der Waals surface area contributed by atoms with Gasteiger partial charge in [-0.3, -0.25) is 4.79 Å². The molecule has 0 N–H and O–H groups in total. The molecule has 96 valence electrons. The topological polar surface area (TPSA) is 35.5 Å². The first-order valence-electron chi connectivity index (χ1n) is 6.19. The van der Waals surface area contributed by atoms with Gasteiger partial charge in [-0.2, -0.15) is 0 Å². The van der Waals surface area contributed by atoms with Crippen LogP contribution in [-0.4, -0.2) is 25.8 Å². The van der Waals surface area contributed by atoms with Crippen LogP contribution in [0.4, 0.5) is 0 Å². The van der Waals surface area contributed by atoms with Crippen molar-refractivity contribution in [3.63, 3.8) is 0 Å². The molecule has 0 unspecified atom stereocenters. The quantitative estimate of drug-likeness (QED) is 0.474. The summed E-state index contributed by atoms with van der Waals surface area (Å²) in [6, 6.07) is 0. The van der Waals surface area contributed by atoms with E-state index in [0.717, 1.165) is 25.9 Å². The second kappa shape index (κ2) is 8.57. The van der Waals surface area contributed by atoms with E-state index in [1.807, 2.05) is 0 Å². The first kappa shape index (κ1) is 15.4. The van der Waals surface area contributed by atoms with Gasteiger partial charge in [-0.1, -0.05) is 34.1 Å². The molecule has 0 aromatic rings. The maximum absolute atomic E-state index is 11.3. The van der Waals surface area contributed by atoms with Crippen LogP contribution in [0.1, 0.15) is 53.4 Å². The van der Waals surface area contributed by atoms with Crippen molar-refractivity contribution in [2.24, 2.45) is 5.41 Å². The van der Waals surface area contributed by atoms with Gasteiger partial charge in [0.2, 0.25) is 0 Å².